The molecule has 1 unspecified atom stereocenters. The maximum absolute atomic E-state index is 11.9. The van der Waals surface area contributed by atoms with E-state index in [-0.39, 0.29) is 5.97 Å². The maximum Gasteiger partial charge on any atom is 0.329 e. The van der Waals surface area contributed by atoms with Gasteiger partial charge in [0, 0.05) is 32.0 Å². The van der Waals surface area contributed by atoms with Crippen molar-refractivity contribution in [1.82, 2.24) is 15.4 Å². The van der Waals surface area contributed by atoms with Gasteiger partial charge in [-0.25, -0.2) is 15.2 Å². The average molecular weight is 321 g/mol. The zero-order chi connectivity index (χ0) is 16.8. The summed E-state index contributed by atoms with van der Waals surface area (Å²) in [6.45, 7) is 5.10. The van der Waals surface area contributed by atoms with Crippen molar-refractivity contribution in [3.05, 3.63) is 29.5 Å². The predicted molar refractivity (Wildman–Crippen MR) is 85.6 cm³/mol. The number of pyridine rings is 1. The molecule has 0 saturated heterocycles. The summed E-state index contributed by atoms with van der Waals surface area (Å²) < 4.78 is 15.5. The fourth-order valence-corrected chi connectivity index (χ4v) is 2.32. The Bertz CT molecular complexity index is 589. The lowest BCUT2D eigenvalue weighted by Crippen LogP contribution is -2.39. The number of nitrogens with one attached hydrogen (secondary N) is 1. The first-order valence-corrected chi connectivity index (χ1v) is 7.54. The summed E-state index contributed by atoms with van der Waals surface area (Å²) in [7, 11) is 3.48. The molecular weight excluding hydrogens is 298 g/mol. The Kier molecular flexibility index (Phi) is 5.95. The first-order valence-electron chi connectivity index (χ1n) is 7.54. The van der Waals surface area contributed by atoms with Crippen LogP contribution in [0, 0.1) is 6.92 Å². The highest BCUT2D eigenvalue weighted by Gasteiger charge is 2.28. The minimum absolute atomic E-state index is 0.292. The van der Waals surface area contributed by atoms with E-state index in [1.54, 1.807) is 25.2 Å². The number of hydrogen-bond acceptors (Lipinski definition) is 7. The number of aryl methyl sites for hydroxylation is 1. The molecule has 1 aromatic rings. The van der Waals surface area contributed by atoms with Gasteiger partial charge in [0.1, 0.15) is 12.6 Å². The molecule has 0 radical (unpaired) electrons. The number of aromatic nitrogens is 1. The molecule has 1 aromatic heterocycles. The number of carbonyl (C=O) groups is 1. The molecule has 0 saturated carbocycles. The zero-order valence-corrected chi connectivity index (χ0v) is 14.0. The second-order valence-corrected chi connectivity index (χ2v) is 5.15. The van der Waals surface area contributed by atoms with Crippen molar-refractivity contribution in [2.24, 2.45) is 0 Å². The van der Waals surface area contributed by atoms with E-state index >= 15 is 0 Å². The third-order valence-electron chi connectivity index (χ3n) is 3.46. The van der Waals surface area contributed by atoms with Gasteiger partial charge in [0.25, 0.3) is 0 Å². The van der Waals surface area contributed by atoms with Gasteiger partial charge >= 0.3 is 5.97 Å². The number of hydrogen-bond donors (Lipinski definition) is 1. The number of nitrogens with zero attached hydrogens (tertiary/aromatic N) is 2. The molecule has 1 atom stereocenters. The van der Waals surface area contributed by atoms with Crippen molar-refractivity contribution in [3.63, 3.8) is 0 Å². The van der Waals surface area contributed by atoms with E-state index in [2.05, 4.69) is 10.4 Å². The van der Waals surface area contributed by atoms with Crippen LogP contribution in [0.1, 0.15) is 18.1 Å². The molecule has 0 aromatic carbocycles. The maximum atomic E-state index is 11.9. The molecule has 7 nitrogen and oxygen atoms in total. The van der Waals surface area contributed by atoms with Crippen molar-refractivity contribution >= 4 is 11.7 Å². The van der Waals surface area contributed by atoms with Crippen LogP contribution in [0.4, 0.5) is 0 Å². The Labute approximate surface area is 136 Å². The fourth-order valence-electron chi connectivity index (χ4n) is 2.32. The lowest BCUT2D eigenvalue weighted by molar-refractivity contribution is -0.144. The van der Waals surface area contributed by atoms with Gasteiger partial charge in [-0.2, -0.15) is 0 Å². The highest BCUT2D eigenvalue weighted by molar-refractivity contribution is 5.83. The van der Waals surface area contributed by atoms with Crippen molar-refractivity contribution in [2.45, 2.75) is 19.9 Å². The van der Waals surface area contributed by atoms with Gasteiger partial charge < -0.3 is 19.2 Å². The van der Waals surface area contributed by atoms with Crippen molar-refractivity contribution in [3.8, 4) is 5.88 Å². The topological polar surface area (TPSA) is 72.9 Å². The summed E-state index contributed by atoms with van der Waals surface area (Å²) in [4.78, 5) is 16.2. The lowest BCUT2D eigenvalue weighted by Gasteiger charge is -2.19. The van der Waals surface area contributed by atoms with E-state index in [9.17, 15) is 4.79 Å². The molecule has 2 heterocycles. The normalized spacial score (nSPS) is 17.1. The second kappa shape index (κ2) is 7.94. The summed E-state index contributed by atoms with van der Waals surface area (Å²) in [6.07, 6.45) is 3.59. The van der Waals surface area contributed by atoms with Crippen LogP contribution in [0.25, 0.3) is 5.70 Å². The van der Waals surface area contributed by atoms with Gasteiger partial charge in [-0.1, -0.05) is 0 Å². The van der Waals surface area contributed by atoms with E-state index in [4.69, 9.17) is 14.2 Å². The first-order chi connectivity index (χ1) is 11.1. The average Bonchev–Trinajstić information content (AvgIpc) is 2.90. The molecule has 1 aliphatic rings. The van der Waals surface area contributed by atoms with Crippen molar-refractivity contribution in [2.75, 3.05) is 34.0 Å². The Morgan fingerprint density at radius 1 is 1.43 bits per heavy atom. The van der Waals surface area contributed by atoms with E-state index in [0.29, 0.717) is 25.7 Å². The quantitative estimate of drug-likeness (QED) is 0.596. The van der Waals surface area contributed by atoms with E-state index in [0.717, 1.165) is 16.8 Å². The predicted octanol–water partition coefficient (Wildman–Crippen LogP) is 1.14. The molecule has 0 fully saturated rings. The number of rotatable bonds is 7. The minimum atomic E-state index is -0.480. The Balaban J connectivity index is 2.14. The third-order valence-corrected chi connectivity index (χ3v) is 3.46. The molecule has 23 heavy (non-hydrogen) atoms. The standard InChI is InChI=1S/C16H23N3O4/c1-5-22-16(20)13-9-14(19(3)18-13)12-10-17-15(8-11(12)2)23-7-6-21-4/h8-10,13,18H,5-7H2,1-4H3. The van der Waals surface area contributed by atoms with Gasteiger partial charge in [0.05, 0.1) is 18.9 Å². The largest absolute Gasteiger partial charge is 0.475 e. The summed E-state index contributed by atoms with van der Waals surface area (Å²) >= 11 is 0. The highest BCUT2D eigenvalue weighted by Crippen LogP contribution is 2.26. The first kappa shape index (κ1) is 17.2. The van der Waals surface area contributed by atoms with Crippen molar-refractivity contribution < 1.29 is 19.0 Å². The SMILES string of the molecule is CCOC(=O)C1C=C(c2cnc(OCCOC)cc2C)N(C)N1. The molecule has 126 valence electrons. The van der Waals surface area contributed by atoms with Crippen LogP contribution in [0.15, 0.2) is 18.3 Å². The number of hydrazine groups is 1. The Morgan fingerprint density at radius 3 is 2.87 bits per heavy atom. The van der Waals surface area contributed by atoms with Crippen LogP contribution < -0.4 is 10.2 Å². The highest BCUT2D eigenvalue weighted by atomic mass is 16.5. The minimum Gasteiger partial charge on any atom is -0.475 e. The molecule has 1 aliphatic heterocycles. The molecule has 0 aliphatic carbocycles. The number of ether oxygens (including phenoxy) is 3. The summed E-state index contributed by atoms with van der Waals surface area (Å²) in [5.74, 6) is 0.263. The van der Waals surface area contributed by atoms with Crippen LogP contribution in [0.5, 0.6) is 5.88 Å². The second-order valence-electron chi connectivity index (χ2n) is 5.15. The van der Waals surface area contributed by atoms with E-state index < -0.39 is 6.04 Å². The number of carbonyl (C=O) groups excluding carboxylic acids is 1. The lowest BCUT2D eigenvalue weighted by atomic mass is 10.1. The molecule has 0 amide bonds. The van der Waals surface area contributed by atoms with Crippen LogP contribution in [0.3, 0.4) is 0 Å². The molecule has 7 heteroatoms. The molecular formula is C16H23N3O4. The van der Waals surface area contributed by atoms with Gasteiger partial charge in [0.2, 0.25) is 5.88 Å². The fraction of sp³-hybridized carbons (Fsp3) is 0.500. The third kappa shape index (κ3) is 4.20. The van der Waals surface area contributed by atoms with Gasteiger partial charge in [-0.05, 0) is 25.5 Å². The van der Waals surface area contributed by atoms with Crippen LogP contribution in [0.2, 0.25) is 0 Å². The number of esters is 1. The van der Waals surface area contributed by atoms with Gasteiger partial charge in [-0.3, -0.25) is 0 Å². The monoisotopic (exact) mass is 321 g/mol. The Morgan fingerprint density at radius 2 is 2.22 bits per heavy atom. The molecule has 1 N–H and O–H groups in total. The number of methoxy groups -OCH3 is 1. The van der Waals surface area contributed by atoms with Crippen molar-refractivity contribution in [1.29, 1.82) is 0 Å². The molecule has 2 rings (SSSR count). The van der Waals surface area contributed by atoms with Crippen LogP contribution in [-0.4, -0.2) is 56.0 Å². The van der Waals surface area contributed by atoms with E-state index in [1.807, 2.05) is 26.1 Å². The Hall–Kier alpha value is -2.12. The smallest absolute Gasteiger partial charge is 0.329 e. The van der Waals surface area contributed by atoms with Crippen LogP contribution >= 0.6 is 0 Å². The molecule has 0 bridgehead atoms. The molecule has 0 spiro atoms. The zero-order valence-electron chi connectivity index (χ0n) is 14.0. The van der Waals surface area contributed by atoms with E-state index in [1.165, 1.54) is 0 Å². The van der Waals surface area contributed by atoms with Crippen LogP contribution in [-0.2, 0) is 14.3 Å². The van der Waals surface area contributed by atoms with Gasteiger partial charge in [-0.15, -0.1) is 0 Å². The summed E-state index contributed by atoms with van der Waals surface area (Å²) in [6, 6.07) is 1.39. The summed E-state index contributed by atoms with van der Waals surface area (Å²) in [5, 5.41) is 1.80. The summed E-state index contributed by atoms with van der Waals surface area (Å²) in [5.41, 5.74) is 5.89. The van der Waals surface area contributed by atoms with Gasteiger partial charge in [0.15, 0.2) is 0 Å².